The number of hydrogen-bond acceptors (Lipinski definition) is 3. The van der Waals surface area contributed by atoms with E-state index in [1.54, 1.807) is 6.20 Å². The zero-order valence-corrected chi connectivity index (χ0v) is 10.2. The van der Waals surface area contributed by atoms with Crippen molar-refractivity contribution in [2.75, 3.05) is 6.54 Å². The fraction of sp³-hybridized carbons (Fsp3) is 0.769. The largest absolute Gasteiger partial charge is 0.405 e. The van der Waals surface area contributed by atoms with Gasteiger partial charge in [-0.3, -0.25) is 4.99 Å². The summed E-state index contributed by atoms with van der Waals surface area (Å²) in [6.45, 7) is 3.15. The van der Waals surface area contributed by atoms with Gasteiger partial charge >= 0.3 is 0 Å². The molecule has 0 bridgehead atoms. The fourth-order valence-corrected chi connectivity index (χ4v) is 3.08. The molecular weight excluding hydrogens is 198 g/mol. The first-order valence-corrected chi connectivity index (χ1v) is 6.51. The van der Waals surface area contributed by atoms with Gasteiger partial charge in [-0.15, -0.1) is 0 Å². The molecular formula is C13H23N3. The molecule has 1 fully saturated rings. The van der Waals surface area contributed by atoms with Crippen molar-refractivity contribution >= 4 is 5.71 Å². The summed E-state index contributed by atoms with van der Waals surface area (Å²) in [6, 6.07) is 0.419. The maximum absolute atomic E-state index is 5.50. The van der Waals surface area contributed by atoms with Crippen molar-refractivity contribution in [3.8, 4) is 0 Å². The minimum absolute atomic E-state index is 0.236. The number of nitrogens with one attached hydrogen (secondary N) is 1. The summed E-state index contributed by atoms with van der Waals surface area (Å²) in [5.41, 5.74) is 6.89. The Kier molecular flexibility index (Phi) is 3.64. The summed E-state index contributed by atoms with van der Waals surface area (Å²) in [5, 5.41) is 3.51. The molecule has 0 saturated heterocycles. The highest BCUT2D eigenvalue weighted by atomic mass is 15.0. The van der Waals surface area contributed by atoms with E-state index in [9.17, 15) is 0 Å². The monoisotopic (exact) mass is 221 g/mol. The maximum Gasteiger partial charge on any atom is 0.0630 e. The van der Waals surface area contributed by atoms with Crippen LogP contribution < -0.4 is 11.1 Å². The average Bonchev–Trinajstić information content (AvgIpc) is 2.59. The van der Waals surface area contributed by atoms with Crippen LogP contribution in [-0.4, -0.2) is 23.8 Å². The fourth-order valence-electron chi connectivity index (χ4n) is 3.08. The first-order chi connectivity index (χ1) is 7.79. The van der Waals surface area contributed by atoms with Crippen LogP contribution in [0, 0.1) is 0 Å². The van der Waals surface area contributed by atoms with Crippen LogP contribution in [-0.2, 0) is 0 Å². The summed E-state index contributed by atoms with van der Waals surface area (Å²) >= 11 is 0. The molecule has 1 aliphatic heterocycles. The minimum atomic E-state index is 0.236. The third kappa shape index (κ3) is 2.29. The summed E-state index contributed by atoms with van der Waals surface area (Å²) in [4.78, 5) is 4.96. The molecule has 3 nitrogen and oxygen atoms in total. The lowest BCUT2D eigenvalue weighted by atomic mass is 9.80. The third-order valence-corrected chi connectivity index (χ3v) is 3.81. The molecule has 2 aliphatic rings. The summed E-state index contributed by atoms with van der Waals surface area (Å²) in [7, 11) is 0. The van der Waals surface area contributed by atoms with Crippen LogP contribution in [0.25, 0.3) is 0 Å². The Labute approximate surface area is 98.2 Å². The lowest BCUT2D eigenvalue weighted by molar-refractivity contribution is 0.286. The van der Waals surface area contributed by atoms with Gasteiger partial charge in [0.1, 0.15) is 0 Å². The maximum atomic E-state index is 5.50. The third-order valence-electron chi connectivity index (χ3n) is 3.81. The van der Waals surface area contributed by atoms with E-state index in [2.05, 4.69) is 12.2 Å². The molecule has 1 heterocycles. The molecule has 0 aromatic heterocycles. The van der Waals surface area contributed by atoms with E-state index in [4.69, 9.17) is 10.7 Å². The van der Waals surface area contributed by atoms with Crippen LogP contribution in [0.1, 0.15) is 45.4 Å². The normalized spacial score (nSPS) is 28.8. The second-order valence-electron chi connectivity index (χ2n) is 5.00. The predicted octanol–water partition coefficient (Wildman–Crippen LogP) is 1.98. The average molecular weight is 221 g/mol. The van der Waals surface area contributed by atoms with Gasteiger partial charge in [-0.1, -0.05) is 26.2 Å². The van der Waals surface area contributed by atoms with Crippen LogP contribution in [0.4, 0.5) is 0 Å². The van der Waals surface area contributed by atoms with Crippen molar-refractivity contribution in [3.05, 3.63) is 12.3 Å². The van der Waals surface area contributed by atoms with Gasteiger partial charge in [0.25, 0.3) is 0 Å². The Hall–Kier alpha value is -0.830. The molecule has 1 spiro atoms. The van der Waals surface area contributed by atoms with Gasteiger partial charge in [0.15, 0.2) is 0 Å². The molecule has 0 amide bonds. The molecule has 1 aliphatic carbocycles. The van der Waals surface area contributed by atoms with Gasteiger partial charge in [-0.05, 0) is 38.1 Å². The topological polar surface area (TPSA) is 50.4 Å². The highest BCUT2D eigenvalue weighted by Crippen LogP contribution is 2.39. The lowest BCUT2D eigenvalue weighted by Crippen LogP contribution is -2.36. The predicted molar refractivity (Wildman–Crippen MR) is 68.7 cm³/mol. The molecule has 1 unspecified atom stereocenters. The lowest BCUT2D eigenvalue weighted by Gasteiger charge is -2.31. The van der Waals surface area contributed by atoms with E-state index < -0.39 is 0 Å². The Balaban J connectivity index is 2.13. The highest BCUT2D eigenvalue weighted by molar-refractivity contribution is 6.01. The van der Waals surface area contributed by atoms with Crippen molar-refractivity contribution < 1.29 is 0 Å². The molecule has 0 radical (unpaired) electrons. The molecule has 0 aromatic carbocycles. The van der Waals surface area contributed by atoms with E-state index >= 15 is 0 Å². The molecule has 1 atom stereocenters. The molecule has 0 aromatic rings. The standard InChI is InChI=1S/C13H23N3/c1-2-15-12-10-13(7-4-3-5-8-13)16-11(12)6-9-14/h6,9,12,15H,2-5,7-8,10,14H2,1H3. The molecule has 90 valence electrons. The van der Waals surface area contributed by atoms with Crippen LogP contribution >= 0.6 is 0 Å². The molecule has 16 heavy (non-hydrogen) atoms. The van der Waals surface area contributed by atoms with Crippen LogP contribution in [0.15, 0.2) is 17.3 Å². The summed E-state index contributed by atoms with van der Waals surface area (Å²) < 4.78 is 0. The SMILES string of the molecule is CCNC1CC2(CCCCC2)N=C1C=CN. The molecule has 3 heteroatoms. The van der Waals surface area contributed by atoms with Gasteiger partial charge < -0.3 is 11.1 Å². The van der Waals surface area contributed by atoms with Crippen molar-refractivity contribution in [2.45, 2.75) is 57.0 Å². The quantitative estimate of drug-likeness (QED) is 0.765. The Morgan fingerprint density at radius 2 is 2.19 bits per heavy atom. The van der Waals surface area contributed by atoms with Crippen LogP contribution in [0.5, 0.6) is 0 Å². The van der Waals surface area contributed by atoms with Gasteiger partial charge in [0.05, 0.1) is 17.3 Å². The van der Waals surface area contributed by atoms with E-state index in [0.29, 0.717) is 6.04 Å². The van der Waals surface area contributed by atoms with Crippen molar-refractivity contribution in [1.82, 2.24) is 5.32 Å². The highest BCUT2D eigenvalue weighted by Gasteiger charge is 2.40. The van der Waals surface area contributed by atoms with Gasteiger partial charge in [0.2, 0.25) is 0 Å². The second-order valence-corrected chi connectivity index (χ2v) is 5.00. The number of rotatable bonds is 3. The van der Waals surface area contributed by atoms with Crippen LogP contribution in [0.3, 0.4) is 0 Å². The van der Waals surface area contributed by atoms with Gasteiger partial charge in [0, 0.05) is 0 Å². The van der Waals surface area contributed by atoms with E-state index in [-0.39, 0.29) is 5.54 Å². The zero-order chi connectivity index (χ0) is 11.4. The molecule has 3 N–H and O–H groups in total. The molecule has 2 rings (SSSR count). The zero-order valence-electron chi connectivity index (χ0n) is 10.2. The van der Waals surface area contributed by atoms with Crippen molar-refractivity contribution in [1.29, 1.82) is 0 Å². The number of nitrogens with two attached hydrogens (primary N) is 1. The van der Waals surface area contributed by atoms with E-state index in [1.165, 1.54) is 38.5 Å². The summed E-state index contributed by atoms with van der Waals surface area (Å²) in [5.74, 6) is 0. The number of hydrogen-bond donors (Lipinski definition) is 2. The minimum Gasteiger partial charge on any atom is -0.405 e. The Morgan fingerprint density at radius 1 is 1.44 bits per heavy atom. The van der Waals surface area contributed by atoms with Crippen molar-refractivity contribution in [3.63, 3.8) is 0 Å². The first-order valence-electron chi connectivity index (χ1n) is 6.51. The smallest absolute Gasteiger partial charge is 0.0630 e. The number of aliphatic imine (C=N–C) groups is 1. The van der Waals surface area contributed by atoms with E-state index in [0.717, 1.165) is 12.3 Å². The van der Waals surface area contributed by atoms with Crippen molar-refractivity contribution in [2.24, 2.45) is 10.7 Å². The van der Waals surface area contributed by atoms with Gasteiger partial charge in [-0.2, -0.15) is 0 Å². The summed E-state index contributed by atoms with van der Waals surface area (Å²) in [6.07, 6.45) is 11.3. The Morgan fingerprint density at radius 3 is 2.81 bits per heavy atom. The van der Waals surface area contributed by atoms with Crippen LogP contribution in [0.2, 0.25) is 0 Å². The second kappa shape index (κ2) is 5.00. The van der Waals surface area contributed by atoms with Gasteiger partial charge in [-0.25, -0.2) is 0 Å². The number of nitrogens with zero attached hydrogens (tertiary/aromatic N) is 1. The van der Waals surface area contributed by atoms with E-state index in [1.807, 2.05) is 6.08 Å². The Bertz CT molecular complexity index is 288. The molecule has 1 saturated carbocycles. The first kappa shape index (κ1) is 11.6.